The molecule has 2 heterocycles. The van der Waals surface area contributed by atoms with Gasteiger partial charge in [0.2, 0.25) is 0 Å². The molecule has 0 spiro atoms. The molecule has 17 heavy (non-hydrogen) atoms. The van der Waals surface area contributed by atoms with E-state index in [1.54, 1.807) is 12.3 Å². The fourth-order valence-electron chi connectivity index (χ4n) is 1.19. The summed E-state index contributed by atoms with van der Waals surface area (Å²) in [6.45, 7) is 0. The Balaban J connectivity index is 2.41. The van der Waals surface area contributed by atoms with E-state index in [9.17, 15) is 8.42 Å². The lowest BCUT2D eigenvalue weighted by Crippen LogP contribution is -2.13. The van der Waals surface area contributed by atoms with E-state index in [1.165, 1.54) is 18.5 Å². The van der Waals surface area contributed by atoms with Gasteiger partial charge < -0.3 is 4.98 Å². The molecule has 2 rings (SSSR count). The van der Waals surface area contributed by atoms with Crippen LogP contribution < -0.4 is 4.72 Å². The number of anilines is 1. The van der Waals surface area contributed by atoms with Gasteiger partial charge in [-0.3, -0.25) is 4.72 Å². The molecular weight excluding hydrogens is 330 g/mol. The number of nitrogens with one attached hydrogen (secondary N) is 2. The minimum Gasteiger partial charge on any atom is -0.366 e. The number of hydrogen-bond acceptors (Lipinski definition) is 3. The maximum atomic E-state index is 12.0. The van der Waals surface area contributed by atoms with E-state index in [2.05, 4.69) is 30.6 Å². The second-order valence-electron chi connectivity index (χ2n) is 3.15. The smallest absolute Gasteiger partial charge is 0.265 e. The SMILES string of the molecule is O=S(=O)(Nc1cc[nH]c1)c1cc(Br)cnc1Cl. The van der Waals surface area contributed by atoms with Crippen LogP contribution in [0.3, 0.4) is 0 Å². The van der Waals surface area contributed by atoms with E-state index in [1.807, 2.05) is 0 Å². The maximum absolute atomic E-state index is 12.0. The summed E-state index contributed by atoms with van der Waals surface area (Å²) in [5.74, 6) is 0. The minimum absolute atomic E-state index is 0.0729. The summed E-state index contributed by atoms with van der Waals surface area (Å²) in [5.41, 5.74) is 0.432. The van der Waals surface area contributed by atoms with Gasteiger partial charge in [-0.1, -0.05) is 11.6 Å². The van der Waals surface area contributed by atoms with E-state index in [-0.39, 0.29) is 10.0 Å². The zero-order valence-corrected chi connectivity index (χ0v) is 11.5. The van der Waals surface area contributed by atoms with Gasteiger partial charge in [0, 0.05) is 23.1 Å². The van der Waals surface area contributed by atoms with Crippen LogP contribution in [-0.2, 0) is 10.0 Å². The number of nitrogens with zero attached hydrogens (tertiary/aromatic N) is 1. The topological polar surface area (TPSA) is 74.8 Å². The largest absolute Gasteiger partial charge is 0.366 e. The maximum Gasteiger partial charge on any atom is 0.265 e. The molecule has 0 radical (unpaired) electrons. The number of H-pyrrole nitrogens is 1. The number of halogens is 2. The predicted octanol–water partition coefficient (Wildman–Crippen LogP) is 2.63. The van der Waals surface area contributed by atoms with Gasteiger partial charge in [-0.05, 0) is 28.1 Å². The van der Waals surface area contributed by atoms with Crippen LogP contribution in [0.4, 0.5) is 5.69 Å². The standard InChI is InChI=1S/C9H7BrClN3O2S/c10-6-3-8(9(11)13-4-6)17(15,16)14-7-1-2-12-5-7/h1-5,12,14H. The summed E-state index contributed by atoms with van der Waals surface area (Å²) in [6, 6.07) is 2.99. The van der Waals surface area contributed by atoms with Crippen molar-refractivity contribution in [2.24, 2.45) is 0 Å². The van der Waals surface area contributed by atoms with Crippen LogP contribution in [0.15, 0.2) is 40.1 Å². The first kappa shape index (κ1) is 12.4. The number of sulfonamides is 1. The first-order chi connectivity index (χ1) is 7.99. The zero-order chi connectivity index (χ0) is 12.5. The van der Waals surface area contributed by atoms with Gasteiger partial charge in [0.25, 0.3) is 10.0 Å². The van der Waals surface area contributed by atoms with Crippen molar-refractivity contribution in [3.63, 3.8) is 0 Å². The Kier molecular flexibility index (Phi) is 3.41. The Morgan fingerprint density at radius 2 is 2.24 bits per heavy atom. The number of pyridine rings is 1. The highest BCUT2D eigenvalue weighted by atomic mass is 79.9. The first-order valence-electron chi connectivity index (χ1n) is 4.46. The van der Waals surface area contributed by atoms with Crippen LogP contribution in [0.25, 0.3) is 0 Å². The molecule has 0 saturated carbocycles. The third-order valence-electron chi connectivity index (χ3n) is 1.91. The fourth-order valence-corrected chi connectivity index (χ4v) is 3.18. The number of aromatic nitrogens is 2. The number of aromatic amines is 1. The van der Waals surface area contributed by atoms with Crippen LogP contribution >= 0.6 is 27.5 Å². The Morgan fingerprint density at radius 3 is 2.88 bits per heavy atom. The summed E-state index contributed by atoms with van der Waals surface area (Å²) in [6.07, 6.45) is 4.56. The van der Waals surface area contributed by atoms with Crippen LogP contribution in [0.5, 0.6) is 0 Å². The summed E-state index contributed by atoms with van der Waals surface area (Å²) in [4.78, 5) is 6.44. The van der Waals surface area contributed by atoms with E-state index < -0.39 is 10.0 Å². The van der Waals surface area contributed by atoms with E-state index in [0.717, 1.165) is 0 Å². The van der Waals surface area contributed by atoms with Crippen molar-refractivity contribution in [1.29, 1.82) is 0 Å². The van der Waals surface area contributed by atoms with Crippen molar-refractivity contribution in [2.45, 2.75) is 4.90 Å². The molecule has 2 N–H and O–H groups in total. The van der Waals surface area contributed by atoms with Crippen molar-refractivity contribution in [1.82, 2.24) is 9.97 Å². The number of rotatable bonds is 3. The van der Waals surface area contributed by atoms with E-state index in [0.29, 0.717) is 10.2 Å². The molecule has 0 bridgehead atoms. The molecule has 0 atom stereocenters. The van der Waals surface area contributed by atoms with Crippen LogP contribution in [-0.4, -0.2) is 18.4 Å². The summed E-state index contributed by atoms with van der Waals surface area (Å²) in [7, 11) is -3.73. The second-order valence-corrected chi connectivity index (χ2v) is 6.07. The summed E-state index contributed by atoms with van der Waals surface area (Å²) >= 11 is 8.91. The van der Waals surface area contributed by atoms with E-state index >= 15 is 0 Å². The lowest BCUT2D eigenvalue weighted by atomic mass is 10.5. The fraction of sp³-hybridized carbons (Fsp3) is 0. The highest BCUT2D eigenvalue weighted by Gasteiger charge is 2.19. The molecule has 2 aromatic heterocycles. The molecule has 0 amide bonds. The average Bonchev–Trinajstić information content (AvgIpc) is 2.73. The molecule has 8 heteroatoms. The average molecular weight is 337 g/mol. The molecule has 0 unspecified atom stereocenters. The molecule has 0 aliphatic rings. The molecule has 0 aliphatic carbocycles. The van der Waals surface area contributed by atoms with Gasteiger partial charge in [-0.25, -0.2) is 13.4 Å². The zero-order valence-electron chi connectivity index (χ0n) is 8.31. The van der Waals surface area contributed by atoms with Gasteiger partial charge in [-0.15, -0.1) is 0 Å². The van der Waals surface area contributed by atoms with Crippen molar-refractivity contribution < 1.29 is 8.42 Å². The molecule has 0 aliphatic heterocycles. The monoisotopic (exact) mass is 335 g/mol. The first-order valence-corrected chi connectivity index (χ1v) is 7.11. The summed E-state index contributed by atoms with van der Waals surface area (Å²) < 4.78 is 26.9. The molecule has 2 aromatic rings. The molecule has 0 saturated heterocycles. The van der Waals surface area contributed by atoms with Crippen molar-refractivity contribution in [2.75, 3.05) is 4.72 Å². The lowest BCUT2D eigenvalue weighted by molar-refractivity contribution is 0.601. The molecule has 0 aromatic carbocycles. The van der Waals surface area contributed by atoms with E-state index in [4.69, 9.17) is 11.6 Å². The Labute approximate surface area is 111 Å². The van der Waals surface area contributed by atoms with Crippen molar-refractivity contribution >= 4 is 43.2 Å². The van der Waals surface area contributed by atoms with Crippen molar-refractivity contribution in [3.05, 3.63) is 40.3 Å². The number of hydrogen-bond donors (Lipinski definition) is 2. The van der Waals surface area contributed by atoms with Gasteiger partial charge in [0.1, 0.15) is 10.0 Å². The van der Waals surface area contributed by atoms with Crippen LogP contribution in [0.2, 0.25) is 5.15 Å². The van der Waals surface area contributed by atoms with Gasteiger partial charge >= 0.3 is 0 Å². The molecule has 5 nitrogen and oxygen atoms in total. The highest BCUT2D eigenvalue weighted by Crippen LogP contribution is 2.24. The Hall–Kier alpha value is -1.05. The quantitative estimate of drug-likeness (QED) is 0.846. The molecular formula is C9H7BrClN3O2S. The minimum atomic E-state index is -3.73. The second kappa shape index (κ2) is 4.67. The summed E-state index contributed by atoms with van der Waals surface area (Å²) in [5, 5.41) is -0.0729. The molecule has 90 valence electrons. The third kappa shape index (κ3) is 2.80. The van der Waals surface area contributed by atoms with Gasteiger partial charge in [0.05, 0.1) is 5.69 Å². The van der Waals surface area contributed by atoms with Gasteiger partial charge in [-0.2, -0.15) is 0 Å². The van der Waals surface area contributed by atoms with Crippen LogP contribution in [0, 0.1) is 0 Å². The Morgan fingerprint density at radius 1 is 1.47 bits per heavy atom. The van der Waals surface area contributed by atoms with Crippen molar-refractivity contribution in [3.8, 4) is 0 Å². The predicted molar refractivity (Wildman–Crippen MR) is 68.5 cm³/mol. The highest BCUT2D eigenvalue weighted by molar-refractivity contribution is 9.10. The lowest BCUT2D eigenvalue weighted by Gasteiger charge is -2.07. The normalized spacial score (nSPS) is 11.4. The molecule has 0 fully saturated rings. The third-order valence-corrected chi connectivity index (χ3v) is 4.15. The Bertz CT molecular complexity index is 628. The van der Waals surface area contributed by atoms with Gasteiger partial charge in [0.15, 0.2) is 0 Å². The van der Waals surface area contributed by atoms with Crippen LogP contribution in [0.1, 0.15) is 0 Å².